The highest BCUT2D eigenvalue weighted by atomic mass is 16.5. The zero-order chi connectivity index (χ0) is 19.5. The number of rotatable bonds is 12. The molecule has 1 nitrogen and oxygen atoms in total. The maximum Gasteiger partial charge on any atom is 0.125 e. The van der Waals surface area contributed by atoms with E-state index < -0.39 is 0 Å². The van der Waals surface area contributed by atoms with Gasteiger partial charge in [-0.1, -0.05) is 82.2 Å². The Kier molecular flexibility index (Phi) is 9.45. The summed E-state index contributed by atoms with van der Waals surface area (Å²) in [5.41, 5.74) is 6.74. The highest BCUT2D eigenvalue weighted by molar-refractivity contribution is 5.68. The molecule has 1 heteroatoms. The number of methoxy groups -OCH3 is 1. The average Bonchev–Trinajstić information content (AvgIpc) is 2.69. The van der Waals surface area contributed by atoms with Gasteiger partial charge in [0.15, 0.2) is 0 Å². The number of benzene rings is 2. The summed E-state index contributed by atoms with van der Waals surface area (Å²) in [6, 6.07) is 13.6. The Morgan fingerprint density at radius 3 is 1.63 bits per heavy atom. The minimum absolute atomic E-state index is 1.12. The first-order valence-electron chi connectivity index (χ1n) is 11.0. The highest BCUT2D eigenvalue weighted by Crippen LogP contribution is 2.33. The Labute approximate surface area is 167 Å². The summed E-state index contributed by atoms with van der Waals surface area (Å²) in [5, 5.41) is 0. The van der Waals surface area contributed by atoms with Crippen molar-refractivity contribution in [1.82, 2.24) is 0 Å². The van der Waals surface area contributed by atoms with E-state index in [9.17, 15) is 0 Å². The van der Waals surface area contributed by atoms with Gasteiger partial charge in [0, 0.05) is 0 Å². The van der Waals surface area contributed by atoms with E-state index in [1.54, 1.807) is 0 Å². The third-order valence-electron chi connectivity index (χ3n) is 5.43. The Hall–Kier alpha value is -1.76. The molecule has 2 aromatic carbocycles. The predicted molar refractivity (Wildman–Crippen MR) is 119 cm³/mol. The quantitative estimate of drug-likeness (QED) is 0.347. The summed E-state index contributed by atoms with van der Waals surface area (Å²) in [6.45, 7) is 6.69. The van der Waals surface area contributed by atoms with Gasteiger partial charge in [-0.05, 0) is 67.0 Å². The molecule has 0 spiro atoms. The van der Waals surface area contributed by atoms with Gasteiger partial charge in [0.05, 0.1) is 7.11 Å². The molecule has 0 aliphatic heterocycles. The molecule has 0 radical (unpaired) electrons. The topological polar surface area (TPSA) is 9.23 Å². The van der Waals surface area contributed by atoms with Gasteiger partial charge in [0.1, 0.15) is 5.75 Å². The van der Waals surface area contributed by atoms with Crippen molar-refractivity contribution in [3.05, 3.63) is 53.1 Å². The third-order valence-corrected chi connectivity index (χ3v) is 5.43. The van der Waals surface area contributed by atoms with Crippen molar-refractivity contribution < 1.29 is 4.74 Å². The molecule has 148 valence electrons. The van der Waals surface area contributed by atoms with E-state index >= 15 is 0 Å². The number of hydrogen-bond donors (Lipinski definition) is 0. The second-order valence-electron chi connectivity index (χ2n) is 7.82. The van der Waals surface area contributed by atoms with E-state index in [2.05, 4.69) is 57.2 Å². The van der Waals surface area contributed by atoms with E-state index in [0.29, 0.717) is 0 Å². The van der Waals surface area contributed by atoms with Crippen LogP contribution >= 0.6 is 0 Å². The zero-order valence-electron chi connectivity index (χ0n) is 17.9. The average molecular weight is 367 g/mol. The van der Waals surface area contributed by atoms with Gasteiger partial charge < -0.3 is 4.74 Å². The number of unbranched alkanes of at least 4 members (excludes halogenated alkanes) is 6. The van der Waals surface area contributed by atoms with E-state index in [1.165, 1.54) is 79.2 Å². The molecule has 0 atom stereocenters. The first kappa shape index (κ1) is 21.5. The van der Waals surface area contributed by atoms with Crippen molar-refractivity contribution in [1.29, 1.82) is 0 Å². The third kappa shape index (κ3) is 6.72. The summed E-state index contributed by atoms with van der Waals surface area (Å²) in [7, 11) is 1.84. The van der Waals surface area contributed by atoms with Crippen LogP contribution in [0.1, 0.15) is 81.9 Å². The smallest absolute Gasteiger partial charge is 0.125 e. The first-order chi connectivity index (χ1) is 13.2. The first-order valence-corrected chi connectivity index (χ1v) is 11.0. The lowest BCUT2D eigenvalue weighted by Crippen LogP contribution is -2.00. The van der Waals surface area contributed by atoms with Crippen LogP contribution in [-0.4, -0.2) is 7.11 Å². The second-order valence-corrected chi connectivity index (χ2v) is 7.82. The van der Waals surface area contributed by atoms with E-state index in [0.717, 1.165) is 18.6 Å². The fourth-order valence-corrected chi connectivity index (χ4v) is 3.79. The highest BCUT2D eigenvalue weighted by Gasteiger charge is 2.13. The van der Waals surface area contributed by atoms with E-state index in [1.807, 2.05) is 7.11 Å². The molecule has 0 unspecified atom stereocenters. The van der Waals surface area contributed by atoms with Gasteiger partial charge in [-0.25, -0.2) is 0 Å². The lowest BCUT2D eigenvalue weighted by molar-refractivity contribution is 0.402. The molecule has 0 aliphatic carbocycles. The van der Waals surface area contributed by atoms with Gasteiger partial charge in [0.25, 0.3) is 0 Å². The molecule has 0 amide bonds. The van der Waals surface area contributed by atoms with Crippen molar-refractivity contribution in [3.8, 4) is 16.9 Å². The summed E-state index contributed by atoms with van der Waals surface area (Å²) in [6.07, 6.45) is 12.5. The van der Waals surface area contributed by atoms with Gasteiger partial charge in [-0.3, -0.25) is 0 Å². The Bertz CT molecular complexity index is 636. The fraction of sp³-hybridized carbons (Fsp3) is 0.538. The molecule has 0 bridgehead atoms. The van der Waals surface area contributed by atoms with Crippen LogP contribution in [-0.2, 0) is 12.8 Å². The summed E-state index contributed by atoms with van der Waals surface area (Å²) < 4.78 is 5.90. The van der Waals surface area contributed by atoms with Gasteiger partial charge >= 0.3 is 0 Å². The maximum atomic E-state index is 5.90. The van der Waals surface area contributed by atoms with Crippen LogP contribution in [0.3, 0.4) is 0 Å². The normalized spacial score (nSPS) is 11.0. The van der Waals surface area contributed by atoms with Crippen LogP contribution in [0.15, 0.2) is 36.4 Å². The molecule has 0 saturated heterocycles. The van der Waals surface area contributed by atoms with Gasteiger partial charge in [-0.2, -0.15) is 0 Å². The van der Waals surface area contributed by atoms with Crippen LogP contribution in [0.4, 0.5) is 0 Å². The van der Waals surface area contributed by atoms with E-state index in [4.69, 9.17) is 4.74 Å². The standard InChI is InChI=1S/C26H38O/c1-5-7-9-11-13-23-19-25(22-17-15-21(3)16-18-22)20-24(26(23)27-4)14-12-10-8-6-2/h15-20H,5-14H2,1-4H3. The lowest BCUT2D eigenvalue weighted by atomic mass is 9.93. The van der Waals surface area contributed by atoms with Crippen LogP contribution < -0.4 is 4.74 Å². The summed E-state index contributed by atoms with van der Waals surface area (Å²) in [5.74, 6) is 1.14. The molecular formula is C26H38O. The number of aryl methyl sites for hydroxylation is 3. The molecule has 0 N–H and O–H groups in total. The van der Waals surface area contributed by atoms with Crippen LogP contribution in [0.2, 0.25) is 0 Å². The Morgan fingerprint density at radius 2 is 1.19 bits per heavy atom. The largest absolute Gasteiger partial charge is 0.496 e. The molecule has 2 rings (SSSR count). The van der Waals surface area contributed by atoms with Crippen molar-refractivity contribution in [2.75, 3.05) is 7.11 Å². The molecule has 0 aliphatic rings. The molecule has 0 heterocycles. The number of ether oxygens (including phenoxy) is 1. The molecule has 2 aromatic rings. The Balaban J connectivity index is 2.30. The van der Waals surface area contributed by atoms with Crippen LogP contribution in [0.5, 0.6) is 5.75 Å². The minimum Gasteiger partial charge on any atom is -0.496 e. The van der Waals surface area contributed by atoms with Crippen LogP contribution in [0, 0.1) is 6.92 Å². The molecule has 0 fully saturated rings. The molecule has 0 aromatic heterocycles. The van der Waals surface area contributed by atoms with Crippen molar-refractivity contribution in [2.24, 2.45) is 0 Å². The van der Waals surface area contributed by atoms with Crippen molar-refractivity contribution in [2.45, 2.75) is 85.0 Å². The second kappa shape index (κ2) is 11.8. The summed E-state index contributed by atoms with van der Waals surface area (Å²) in [4.78, 5) is 0. The van der Waals surface area contributed by atoms with E-state index in [-0.39, 0.29) is 0 Å². The van der Waals surface area contributed by atoms with Gasteiger partial charge in [0.2, 0.25) is 0 Å². The Morgan fingerprint density at radius 1 is 0.667 bits per heavy atom. The lowest BCUT2D eigenvalue weighted by Gasteiger charge is -2.17. The molecule has 0 saturated carbocycles. The zero-order valence-corrected chi connectivity index (χ0v) is 17.9. The fourth-order valence-electron chi connectivity index (χ4n) is 3.79. The molecule has 27 heavy (non-hydrogen) atoms. The molecular weight excluding hydrogens is 328 g/mol. The maximum absolute atomic E-state index is 5.90. The SMILES string of the molecule is CCCCCCc1cc(-c2ccc(C)cc2)cc(CCCCCC)c1OC. The predicted octanol–water partition coefficient (Wildman–Crippen LogP) is 7.92. The van der Waals surface area contributed by atoms with Crippen molar-refractivity contribution in [3.63, 3.8) is 0 Å². The van der Waals surface area contributed by atoms with Gasteiger partial charge in [-0.15, -0.1) is 0 Å². The minimum atomic E-state index is 1.12. The summed E-state index contributed by atoms with van der Waals surface area (Å²) >= 11 is 0. The van der Waals surface area contributed by atoms with Crippen molar-refractivity contribution >= 4 is 0 Å². The van der Waals surface area contributed by atoms with Crippen LogP contribution in [0.25, 0.3) is 11.1 Å². The monoisotopic (exact) mass is 366 g/mol. The number of hydrogen-bond acceptors (Lipinski definition) is 1.